The van der Waals surface area contributed by atoms with Crippen molar-refractivity contribution in [2.45, 2.75) is 52.6 Å². The number of carbonyl (C=O) groups excluding carboxylic acids is 1. The first-order valence-electron chi connectivity index (χ1n) is 5.17. The third-order valence-electron chi connectivity index (χ3n) is 2.11. The molecule has 0 bridgehead atoms. The fourth-order valence-electron chi connectivity index (χ4n) is 1.32. The Morgan fingerprint density at radius 1 is 1.50 bits per heavy atom. The van der Waals surface area contributed by atoms with Crippen LogP contribution in [0.2, 0.25) is 0 Å². The molecule has 0 radical (unpaired) electrons. The summed E-state index contributed by atoms with van der Waals surface area (Å²) in [6.07, 6.45) is 4.23. The molecule has 0 spiro atoms. The number of carbonyl (C=O) groups is 1. The topological polar surface area (TPSA) is 26.3 Å². The summed E-state index contributed by atoms with van der Waals surface area (Å²) in [5.41, 5.74) is 3.85. The summed E-state index contributed by atoms with van der Waals surface area (Å²) in [4.78, 5) is 10.7. The quantitative estimate of drug-likeness (QED) is 0.370. The highest BCUT2D eigenvalue weighted by atomic mass is 16.5. The summed E-state index contributed by atoms with van der Waals surface area (Å²) in [7, 11) is 0. The number of unbranched alkanes of at least 4 members (excludes halogenated alkanes) is 2. The highest BCUT2D eigenvalue weighted by Gasteiger charge is 2.10. The van der Waals surface area contributed by atoms with E-state index in [2.05, 4.69) is 19.2 Å². The molecule has 0 amide bonds. The van der Waals surface area contributed by atoms with Crippen LogP contribution in [0.1, 0.15) is 46.5 Å². The van der Waals surface area contributed by atoms with Gasteiger partial charge in [0.05, 0.1) is 0 Å². The Balaban J connectivity index is 4.01. The maximum atomic E-state index is 10.7. The second-order valence-electron chi connectivity index (χ2n) is 3.41. The van der Waals surface area contributed by atoms with E-state index in [1.54, 1.807) is 0 Å². The van der Waals surface area contributed by atoms with Crippen molar-refractivity contribution in [2.24, 2.45) is 0 Å². The molecule has 0 saturated heterocycles. The van der Waals surface area contributed by atoms with E-state index < -0.39 is 0 Å². The lowest BCUT2D eigenvalue weighted by molar-refractivity contribution is -0.143. The van der Waals surface area contributed by atoms with Gasteiger partial charge in [-0.2, -0.15) is 0 Å². The molecule has 0 heterocycles. The molecule has 0 rings (SSSR count). The second kappa shape index (κ2) is 7.40. The minimum absolute atomic E-state index is 0.179. The summed E-state index contributed by atoms with van der Waals surface area (Å²) < 4.78 is 5.06. The maximum Gasteiger partial charge on any atom is 0.303 e. The van der Waals surface area contributed by atoms with Crippen molar-refractivity contribution in [1.29, 1.82) is 0 Å². The first-order valence-corrected chi connectivity index (χ1v) is 5.17. The van der Waals surface area contributed by atoms with Gasteiger partial charge < -0.3 is 4.74 Å². The molecule has 0 aromatic rings. The van der Waals surface area contributed by atoms with E-state index in [4.69, 9.17) is 4.74 Å². The summed E-state index contributed by atoms with van der Waals surface area (Å²) in [6, 6.07) is 0. The SMILES string of the molecule is C=C=C(CCCCC)[C@@H](C)OC(C)=O. The van der Waals surface area contributed by atoms with Crippen LogP contribution in [-0.4, -0.2) is 12.1 Å². The summed E-state index contributed by atoms with van der Waals surface area (Å²) >= 11 is 0. The summed E-state index contributed by atoms with van der Waals surface area (Å²) in [5, 5.41) is 0. The highest BCUT2D eigenvalue weighted by Crippen LogP contribution is 2.14. The third-order valence-corrected chi connectivity index (χ3v) is 2.11. The van der Waals surface area contributed by atoms with Crippen molar-refractivity contribution in [3.8, 4) is 0 Å². The molecule has 0 aliphatic rings. The Labute approximate surface area is 86.6 Å². The molecule has 2 nitrogen and oxygen atoms in total. The normalized spacial score (nSPS) is 11.6. The highest BCUT2D eigenvalue weighted by molar-refractivity contribution is 5.66. The number of rotatable bonds is 6. The average Bonchev–Trinajstić information content (AvgIpc) is 2.11. The van der Waals surface area contributed by atoms with E-state index in [1.807, 2.05) is 6.92 Å². The fourth-order valence-corrected chi connectivity index (χ4v) is 1.32. The van der Waals surface area contributed by atoms with Crippen molar-refractivity contribution in [3.05, 3.63) is 17.9 Å². The van der Waals surface area contributed by atoms with Crippen LogP contribution in [-0.2, 0) is 9.53 Å². The molecule has 80 valence electrons. The van der Waals surface area contributed by atoms with Crippen LogP contribution >= 0.6 is 0 Å². The molecule has 0 aliphatic carbocycles. The summed E-state index contributed by atoms with van der Waals surface area (Å²) in [5.74, 6) is -0.249. The van der Waals surface area contributed by atoms with Crippen molar-refractivity contribution in [2.75, 3.05) is 0 Å². The van der Waals surface area contributed by atoms with Crippen LogP contribution in [0.15, 0.2) is 17.9 Å². The predicted molar refractivity (Wildman–Crippen MR) is 58.0 cm³/mol. The molecule has 0 aromatic carbocycles. The van der Waals surface area contributed by atoms with Crippen LogP contribution in [0.3, 0.4) is 0 Å². The van der Waals surface area contributed by atoms with E-state index >= 15 is 0 Å². The Morgan fingerprint density at radius 2 is 2.14 bits per heavy atom. The Morgan fingerprint density at radius 3 is 2.57 bits per heavy atom. The minimum atomic E-state index is -0.249. The number of hydrogen-bond acceptors (Lipinski definition) is 2. The van der Waals surface area contributed by atoms with E-state index in [9.17, 15) is 4.79 Å². The number of hydrogen-bond donors (Lipinski definition) is 0. The molecule has 1 atom stereocenters. The molecular weight excluding hydrogens is 176 g/mol. The Hall–Kier alpha value is -1.01. The van der Waals surface area contributed by atoms with Crippen LogP contribution in [0.25, 0.3) is 0 Å². The molecule has 0 saturated carbocycles. The first-order chi connectivity index (χ1) is 6.61. The molecular formula is C12H20O2. The van der Waals surface area contributed by atoms with Gasteiger partial charge in [0.25, 0.3) is 0 Å². The first kappa shape index (κ1) is 13.0. The van der Waals surface area contributed by atoms with Crippen molar-refractivity contribution in [3.63, 3.8) is 0 Å². The van der Waals surface area contributed by atoms with Gasteiger partial charge in [-0.25, -0.2) is 0 Å². The van der Waals surface area contributed by atoms with E-state index in [0.717, 1.165) is 18.4 Å². The van der Waals surface area contributed by atoms with Gasteiger partial charge in [0, 0.05) is 12.5 Å². The van der Waals surface area contributed by atoms with Gasteiger partial charge in [0.1, 0.15) is 6.10 Å². The molecule has 14 heavy (non-hydrogen) atoms. The zero-order valence-electron chi connectivity index (χ0n) is 9.43. The predicted octanol–water partition coefficient (Wildman–Crippen LogP) is 3.23. The largest absolute Gasteiger partial charge is 0.458 e. The Kier molecular flexibility index (Phi) is 6.87. The molecule has 0 fully saturated rings. The number of ether oxygens (including phenoxy) is 1. The van der Waals surface area contributed by atoms with Crippen molar-refractivity contribution < 1.29 is 9.53 Å². The van der Waals surface area contributed by atoms with Crippen molar-refractivity contribution >= 4 is 5.97 Å². The van der Waals surface area contributed by atoms with Crippen LogP contribution in [0, 0.1) is 0 Å². The van der Waals surface area contributed by atoms with Gasteiger partial charge >= 0.3 is 5.97 Å². The zero-order chi connectivity index (χ0) is 11.0. The van der Waals surface area contributed by atoms with Gasteiger partial charge in [-0.1, -0.05) is 26.3 Å². The fraction of sp³-hybridized carbons (Fsp3) is 0.667. The van der Waals surface area contributed by atoms with Crippen LogP contribution in [0.4, 0.5) is 0 Å². The Bertz CT molecular complexity index is 224. The van der Waals surface area contributed by atoms with Gasteiger partial charge in [0.2, 0.25) is 0 Å². The number of esters is 1. The summed E-state index contributed by atoms with van der Waals surface area (Å²) in [6.45, 7) is 9.06. The lowest BCUT2D eigenvalue weighted by atomic mass is 10.0. The van der Waals surface area contributed by atoms with Crippen molar-refractivity contribution in [1.82, 2.24) is 0 Å². The second-order valence-corrected chi connectivity index (χ2v) is 3.41. The molecule has 0 N–H and O–H groups in total. The minimum Gasteiger partial charge on any atom is -0.458 e. The van der Waals surface area contributed by atoms with E-state index in [0.29, 0.717) is 0 Å². The van der Waals surface area contributed by atoms with E-state index in [-0.39, 0.29) is 12.1 Å². The van der Waals surface area contributed by atoms with Crippen LogP contribution in [0.5, 0.6) is 0 Å². The average molecular weight is 196 g/mol. The van der Waals surface area contributed by atoms with E-state index in [1.165, 1.54) is 19.8 Å². The zero-order valence-corrected chi connectivity index (χ0v) is 9.43. The molecule has 0 unspecified atom stereocenters. The van der Waals surface area contributed by atoms with Crippen LogP contribution < -0.4 is 0 Å². The third kappa shape index (κ3) is 5.60. The van der Waals surface area contributed by atoms with Gasteiger partial charge in [-0.15, -0.1) is 5.73 Å². The lowest BCUT2D eigenvalue weighted by Gasteiger charge is -2.13. The smallest absolute Gasteiger partial charge is 0.303 e. The van der Waals surface area contributed by atoms with Gasteiger partial charge in [-0.3, -0.25) is 4.79 Å². The maximum absolute atomic E-state index is 10.7. The molecule has 0 aromatic heterocycles. The molecule has 0 aliphatic heterocycles. The lowest BCUT2D eigenvalue weighted by Crippen LogP contribution is -2.14. The van der Waals surface area contributed by atoms with Gasteiger partial charge in [0.15, 0.2) is 0 Å². The van der Waals surface area contributed by atoms with Gasteiger partial charge in [-0.05, 0) is 19.8 Å². The monoisotopic (exact) mass is 196 g/mol. The molecule has 2 heteroatoms. The standard InChI is InChI=1S/C12H20O2/c1-5-7-8-9-12(6-2)10(3)14-11(4)13/h10H,2,5,7-9H2,1,3-4H3/t10-/m1/s1.